The van der Waals surface area contributed by atoms with Crippen molar-refractivity contribution in [2.24, 2.45) is 0 Å². The molecule has 0 radical (unpaired) electrons. The zero-order valence-corrected chi connectivity index (χ0v) is 26.3. The van der Waals surface area contributed by atoms with Gasteiger partial charge in [-0.3, -0.25) is 9.71 Å². The number of sulfonamides is 1. The number of hydrogen-bond donors (Lipinski definition) is 1. The van der Waals surface area contributed by atoms with E-state index in [0.717, 1.165) is 57.3 Å². The van der Waals surface area contributed by atoms with Gasteiger partial charge in [-0.1, -0.05) is 29.3 Å². The number of pyridine rings is 1. The summed E-state index contributed by atoms with van der Waals surface area (Å²) in [5.74, 6) is -1.08. The van der Waals surface area contributed by atoms with Gasteiger partial charge in [0, 0.05) is 50.4 Å². The summed E-state index contributed by atoms with van der Waals surface area (Å²) in [7, 11) is -0.966. The maximum atomic E-state index is 14.1. The minimum absolute atomic E-state index is 0.0315. The fourth-order valence-electron chi connectivity index (χ4n) is 4.80. The second-order valence-electron chi connectivity index (χ2n) is 10.2. The van der Waals surface area contributed by atoms with Crippen LogP contribution in [0.3, 0.4) is 0 Å². The van der Waals surface area contributed by atoms with Crippen LogP contribution < -0.4 is 18.9 Å². The molecule has 0 amide bonds. The van der Waals surface area contributed by atoms with Crippen LogP contribution in [0.15, 0.2) is 59.6 Å². The van der Waals surface area contributed by atoms with Gasteiger partial charge in [-0.25, -0.2) is 17.2 Å². The molecule has 2 heterocycles. The number of nitrogens with one attached hydrogen (secondary N) is 1. The van der Waals surface area contributed by atoms with Crippen LogP contribution >= 0.6 is 23.2 Å². The van der Waals surface area contributed by atoms with E-state index in [1.54, 1.807) is 24.4 Å². The molecular weight excluding hydrogens is 637 g/mol. The number of hydrogen-bond acceptors (Lipinski definition) is 8. The van der Waals surface area contributed by atoms with Crippen molar-refractivity contribution >= 4 is 49.8 Å². The van der Waals surface area contributed by atoms with Crippen molar-refractivity contribution in [3.63, 3.8) is 0 Å². The van der Waals surface area contributed by atoms with Gasteiger partial charge in [0.1, 0.15) is 17.4 Å². The van der Waals surface area contributed by atoms with Gasteiger partial charge in [-0.05, 0) is 49.9 Å². The van der Waals surface area contributed by atoms with Gasteiger partial charge >= 0.3 is 0 Å². The predicted octanol–water partition coefficient (Wildman–Crippen LogP) is 6.44. The molecule has 234 valence electrons. The van der Waals surface area contributed by atoms with Crippen LogP contribution in [0.5, 0.6) is 23.0 Å². The highest BCUT2D eigenvalue weighted by molar-refractivity contribution is 7.92. The van der Waals surface area contributed by atoms with Crippen molar-refractivity contribution in [1.29, 1.82) is 0 Å². The van der Waals surface area contributed by atoms with Crippen molar-refractivity contribution < 1.29 is 31.4 Å². The number of methoxy groups -OCH3 is 1. The van der Waals surface area contributed by atoms with Crippen molar-refractivity contribution in [2.75, 3.05) is 58.2 Å². The summed E-state index contributed by atoms with van der Waals surface area (Å²) in [4.78, 5) is 8.06. The lowest BCUT2D eigenvalue weighted by Gasteiger charge is -2.32. The standard InChI is InChI=1S/C30H30Cl2F2N4O5S/c1-37-10-12-38(13-11-37)9-4-14-42-28-18-25-20(17-27(28)41-2)26(7-8-35-25)43-29-21(31)15-19(16-22(29)32)36-44(39,40)30-23(33)5-3-6-24(30)34/h3,5-8,15-18,36H,4,9-14H2,1-2H3. The molecule has 1 saturated heterocycles. The Morgan fingerprint density at radius 3 is 2.30 bits per heavy atom. The molecule has 0 spiro atoms. The van der Waals surface area contributed by atoms with Gasteiger partial charge < -0.3 is 24.0 Å². The number of rotatable bonds is 11. The van der Waals surface area contributed by atoms with Crippen LogP contribution in [0.2, 0.25) is 10.0 Å². The molecule has 1 aliphatic rings. The molecule has 0 aliphatic carbocycles. The molecule has 44 heavy (non-hydrogen) atoms. The second-order valence-corrected chi connectivity index (χ2v) is 12.6. The molecule has 1 aliphatic heterocycles. The molecule has 1 N–H and O–H groups in total. The van der Waals surface area contributed by atoms with E-state index in [1.807, 2.05) is 0 Å². The maximum absolute atomic E-state index is 14.1. The lowest BCUT2D eigenvalue weighted by Crippen LogP contribution is -2.44. The largest absolute Gasteiger partial charge is 0.493 e. The minimum Gasteiger partial charge on any atom is -0.493 e. The first-order valence-electron chi connectivity index (χ1n) is 13.7. The first kappa shape index (κ1) is 32.0. The smallest absolute Gasteiger partial charge is 0.267 e. The summed E-state index contributed by atoms with van der Waals surface area (Å²) in [6, 6.07) is 10.3. The number of aromatic nitrogens is 1. The number of benzene rings is 3. The lowest BCUT2D eigenvalue weighted by atomic mass is 10.1. The number of halogens is 4. The van der Waals surface area contributed by atoms with E-state index < -0.39 is 26.6 Å². The zero-order valence-electron chi connectivity index (χ0n) is 23.9. The third-order valence-electron chi connectivity index (χ3n) is 7.11. The first-order chi connectivity index (χ1) is 21.1. The van der Waals surface area contributed by atoms with E-state index in [-0.39, 0.29) is 21.5 Å². The number of likely N-dealkylation sites (N-methyl/N-ethyl adjacent to an activating group) is 1. The number of piperazine rings is 1. The maximum Gasteiger partial charge on any atom is 0.267 e. The Morgan fingerprint density at radius 1 is 0.955 bits per heavy atom. The van der Waals surface area contributed by atoms with Gasteiger partial charge in [0.2, 0.25) is 0 Å². The number of anilines is 1. The Morgan fingerprint density at radius 2 is 1.64 bits per heavy atom. The van der Waals surface area contributed by atoms with Crippen LogP contribution in [-0.2, 0) is 10.0 Å². The quantitative estimate of drug-likeness (QED) is 0.183. The van der Waals surface area contributed by atoms with Gasteiger partial charge in [-0.15, -0.1) is 0 Å². The van der Waals surface area contributed by atoms with Gasteiger partial charge in [0.05, 0.1) is 35.0 Å². The summed E-state index contributed by atoms with van der Waals surface area (Å²) >= 11 is 12.9. The van der Waals surface area contributed by atoms with Gasteiger partial charge in [0.15, 0.2) is 22.1 Å². The van der Waals surface area contributed by atoms with Gasteiger partial charge in [0.25, 0.3) is 10.0 Å². The molecule has 1 fully saturated rings. The molecule has 4 aromatic rings. The van der Waals surface area contributed by atoms with Crippen LogP contribution in [0.4, 0.5) is 14.5 Å². The molecule has 1 aromatic heterocycles. The third kappa shape index (κ3) is 7.27. The van der Waals surface area contributed by atoms with E-state index in [0.29, 0.717) is 34.8 Å². The molecule has 3 aromatic carbocycles. The molecule has 0 atom stereocenters. The highest BCUT2D eigenvalue weighted by atomic mass is 35.5. The fraction of sp³-hybridized carbons (Fsp3) is 0.300. The molecule has 14 heteroatoms. The van der Waals surface area contributed by atoms with Crippen LogP contribution in [0.1, 0.15) is 6.42 Å². The molecule has 0 saturated carbocycles. The number of fused-ring (bicyclic) bond motifs is 1. The SMILES string of the molecule is COc1cc2c(Oc3c(Cl)cc(NS(=O)(=O)c4c(F)cccc4F)cc3Cl)ccnc2cc1OCCCN1CCN(C)CC1. The normalized spacial score (nSPS) is 14.5. The number of ether oxygens (including phenoxy) is 3. The van der Waals surface area contributed by atoms with Crippen molar-refractivity contribution in [3.8, 4) is 23.0 Å². The molecule has 9 nitrogen and oxygen atoms in total. The van der Waals surface area contributed by atoms with E-state index in [2.05, 4.69) is 26.6 Å². The Balaban J connectivity index is 1.32. The highest BCUT2D eigenvalue weighted by Crippen LogP contribution is 2.42. The molecule has 0 bridgehead atoms. The summed E-state index contributed by atoms with van der Waals surface area (Å²) in [6.07, 6.45) is 2.41. The summed E-state index contributed by atoms with van der Waals surface area (Å²) in [6.45, 7) is 5.67. The Hall–Kier alpha value is -3.42. The molecular formula is C30H30Cl2F2N4O5S. The Bertz CT molecular complexity index is 1730. The lowest BCUT2D eigenvalue weighted by molar-refractivity contribution is 0.145. The molecule has 0 unspecified atom stereocenters. The van der Waals surface area contributed by atoms with E-state index in [1.165, 1.54) is 19.2 Å². The summed E-state index contributed by atoms with van der Waals surface area (Å²) in [5.41, 5.74) is 0.451. The van der Waals surface area contributed by atoms with Crippen LogP contribution in [0, 0.1) is 11.6 Å². The van der Waals surface area contributed by atoms with Gasteiger partial charge in [-0.2, -0.15) is 0 Å². The van der Waals surface area contributed by atoms with E-state index in [4.69, 9.17) is 37.4 Å². The van der Waals surface area contributed by atoms with Crippen LogP contribution in [0.25, 0.3) is 10.9 Å². The monoisotopic (exact) mass is 666 g/mol. The zero-order chi connectivity index (χ0) is 31.4. The van der Waals surface area contributed by atoms with Crippen molar-refractivity contribution in [3.05, 3.63) is 76.4 Å². The first-order valence-corrected chi connectivity index (χ1v) is 15.9. The summed E-state index contributed by atoms with van der Waals surface area (Å²) in [5, 5.41) is 0.476. The van der Waals surface area contributed by atoms with Crippen molar-refractivity contribution in [1.82, 2.24) is 14.8 Å². The Labute approximate surface area is 264 Å². The van der Waals surface area contributed by atoms with Crippen LogP contribution in [-0.4, -0.2) is 76.7 Å². The highest BCUT2D eigenvalue weighted by Gasteiger charge is 2.25. The average Bonchev–Trinajstić information content (AvgIpc) is 2.97. The van der Waals surface area contributed by atoms with E-state index >= 15 is 0 Å². The molecule has 5 rings (SSSR count). The van der Waals surface area contributed by atoms with E-state index in [9.17, 15) is 17.2 Å². The third-order valence-corrected chi connectivity index (χ3v) is 9.10. The predicted molar refractivity (Wildman–Crippen MR) is 166 cm³/mol. The second kappa shape index (κ2) is 13.7. The topological polar surface area (TPSA) is 93.2 Å². The summed E-state index contributed by atoms with van der Waals surface area (Å²) < 4.78 is 73.5. The average molecular weight is 668 g/mol. The minimum atomic E-state index is -4.63. The Kier molecular flexibility index (Phi) is 9.96. The fourth-order valence-corrected chi connectivity index (χ4v) is 6.55. The number of nitrogens with zero attached hydrogens (tertiary/aromatic N) is 3. The van der Waals surface area contributed by atoms with Crippen molar-refractivity contribution in [2.45, 2.75) is 11.3 Å².